The van der Waals surface area contributed by atoms with Crippen LogP contribution < -0.4 is 10.2 Å². The van der Waals surface area contributed by atoms with E-state index < -0.39 is 0 Å². The van der Waals surface area contributed by atoms with Gasteiger partial charge in [-0.3, -0.25) is 4.79 Å². The number of hydrogen-bond donors (Lipinski definition) is 2. The molecule has 0 unspecified atom stereocenters. The molecule has 5 nitrogen and oxygen atoms in total. The van der Waals surface area contributed by atoms with Gasteiger partial charge in [0.05, 0.1) is 12.2 Å². The molecule has 0 radical (unpaired) electrons. The summed E-state index contributed by atoms with van der Waals surface area (Å²) in [6.07, 6.45) is 5.66. The van der Waals surface area contributed by atoms with Crippen molar-refractivity contribution in [1.29, 1.82) is 0 Å². The Morgan fingerprint density at radius 2 is 1.74 bits per heavy atom. The molecule has 0 amide bonds. The van der Waals surface area contributed by atoms with Crippen LogP contribution in [0.1, 0.15) is 25.7 Å². The van der Waals surface area contributed by atoms with Crippen molar-refractivity contribution in [1.82, 2.24) is 0 Å². The van der Waals surface area contributed by atoms with Crippen LogP contribution in [0.2, 0.25) is 0 Å². The molecule has 0 fully saturated rings. The number of alkyl halides is 1. The zero-order valence-corrected chi connectivity index (χ0v) is 16.4. The van der Waals surface area contributed by atoms with E-state index in [9.17, 15) is 15.0 Å². The normalized spacial score (nSPS) is 11.0. The summed E-state index contributed by atoms with van der Waals surface area (Å²) in [6.45, 7) is 0.545. The van der Waals surface area contributed by atoms with Crippen LogP contribution in [-0.2, 0) is 0 Å². The summed E-state index contributed by atoms with van der Waals surface area (Å²) < 4.78 is 11.3. The molecular formula is C21H21BrO5. The molecule has 2 N–H and O–H groups in total. The van der Waals surface area contributed by atoms with E-state index in [1.54, 1.807) is 18.2 Å². The lowest BCUT2D eigenvalue weighted by molar-refractivity contribution is 0.303. The van der Waals surface area contributed by atoms with E-state index in [0.717, 1.165) is 31.0 Å². The van der Waals surface area contributed by atoms with Gasteiger partial charge >= 0.3 is 0 Å². The van der Waals surface area contributed by atoms with Gasteiger partial charge in [0.1, 0.15) is 34.5 Å². The Hall–Kier alpha value is -2.47. The predicted octanol–water partition coefficient (Wildman–Crippen LogP) is 5.21. The van der Waals surface area contributed by atoms with E-state index in [4.69, 9.17) is 9.15 Å². The lowest BCUT2D eigenvalue weighted by atomic mass is 10.0. The molecule has 2 aromatic carbocycles. The molecule has 0 aliphatic rings. The van der Waals surface area contributed by atoms with Gasteiger partial charge in [-0.05, 0) is 30.5 Å². The van der Waals surface area contributed by atoms with Crippen molar-refractivity contribution in [3.63, 3.8) is 0 Å². The van der Waals surface area contributed by atoms with Gasteiger partial charge in [-0.1, -0.05) is 40.9 Å². The largest absolute Gasteiger partial charge is 0.508 e. The van der Waals surface area contributed by atoms with Gasteiger partial charge in [0, 0.05) is 17.5 Å². The maximum atomic E-state index is 12.8. The van der Waals surface area contributed by atoms with Crippen molar-refractivity contribution in [3.05, 3.63) is 52.9 Å². The Morgan fingerprint density at radius 1 is 1.00 bits per heavy atom. The first-order valence-electron chi connectivity index (χ1n) is 8.87. The molecule has 0 saturated heterocycles. The van der Waals surface area contributed by atoms with Gasteiger partial charge in [0.15, 0.2) is 0 Å². The van der Waals surface area contributed by atoms with E-state index in [1.807, 2.05) is 0 Å². The van der Waals surface area contributed by atoms with Crippen molar-refractivity contribution in [2.45, 2.75) is 25.7 Å². The van der Waals surface area contributed by atoms with Gasteiger partial charge in [0.2, 0.25) is 5.43 Å². The summed E-state index contributed by atoms with van der Waals surface area (Å²) in [5, 5.41) is 20.9. The second-order valence-corrected chi connectivity index (χ2v) is 7.09. The minimum atomic E-state index is -0.333. The maximum absolute atomic E-state index is 12.8. The molecule has 0 saturated carbocycles. The molecular weight excluding hydrogens is 412 g/mol. The number of aromatic hydroxyl groups is 2. The number of rotatable bonds is 8. The van der Waals surface area contributed by atoms with Crippen LogP contribution >= 0.6 is 15.9 Å². The Kier molecular flexibility index (Phi) is 6.40. The Morgan fingerprint density at radius 3 is 2.48 bits per heavy atom. The zero-order chi connectivity index (χ0) is 19.2. The van der Waals surface area contributed by atoms with Crippen LogP contribution in [0.4, 0.5) is 0 Å². The highest BCUT2D eigenvalue weighted by Gasteiger charge is 2.14. The van der Waals surface area contributed by atoms with Crippen molar-refractivity contribution in [3.8, 4) is 28.4 Å². The van der Waals surface area contributed by atoms with Crippen molar-refractivity contribution >= 4 is 26.9 Å². The fourth-order valence-electron chi connectivity index (χ4n) is 2.87. The first kappa shape index (κ1) is 19.3. The first-order chi connectivity index (χ1) is 13.1. The first-order valence-corrected chi connectivity index (χ1v) is 9.99. The van der Waals surface area contributed by atoms with Crippen LogP contribution in [0.25, 0.3) is 22.1 Å². The van der Waals surface area contributed by atoms with Crippen molar-refractivity contribution in [2.75, 3.05) is 11.9 Å². The SMILES string of the molecule is O=c1c(-c2ccc(O)cc2)coc2cc(OCCCCCCBr)cc(O)c12. The molecule has 0 spiro atoms. The minimum Gasteiger partial charge on any atom is -0.508 e. The number of hydrogen-bond acceptors (Lipinski definition) is 5. The van der Waals surface area contributed by atoms with E-state index in [2.05, 4.69) is 15.9 Å². The monoisotopic (exact) mass is 432 g/mol. The van der Waals surface area contributed by atoms with Crippen molar-refractivity contribution in [2.24, 2.45) is 0 Å². The molecule has 142 valence electrons. The van der Waals surface area contributed by atoms with Crippen molar-refractivity contribution < 1.29 is 19.4 Å². The summed E-state index contributed by atoms with van der Waals surface area (Å²) in [5.41, 5.74) is 0.863. The summed E-state index contributed by atoms with van der Waals surface area (Å²) in [5.74, 6) is 0.415. The number of halogens is 1. The third-order valence-corrected chi connectivity index (χ3v) is 4.87. The highest BCUT2D eigenvalue weighted by Crippen LogP contribution is 2.30. The number of ether oxygens (including phenoxy) is 1. The smallest absolute Gasteiger partial charge is 0.204 e. The third-order valence-electron chi connectivity index (χ3n) is 4.31. The number of phenols is 2. The minimum absolute atomic E-state index is 0.112. The van der Waals surface area contributed by atoms with Gasteiger partial charge in [-0.15, -0.1) is 0 Å². The fraction of sp³-hybridized carbons (Fsp3) is 0.286. The molecule has 1 heterocycles. The van der Waals surface area contributed by atoms with E-state index in [1.165, 1.54) is 24.5 Å². The second-order valence-electron chi connectivity index (χ2n) is 6.29. The quantitative estimate of drug-likeness (QED) is 0.377. The van der Waals surface area contributed by atoms with Crippen LogP contribution in [0, 0.1) is 0 Å². The summed E-state index contributed by atoms with van der Waals surface area (Å²) in [6, 6.07) is 9.30. The third kappa shape index (κ3) is 4.63. The number of phenolic OH excluding ortho intramolecular Hbond substituents is 2. The van der Waals surface area contributed by atoms with Crippen LogP contribution in [0.5, 0.6) is 17.2 Å². The summed E-state index contributed by atoms with van der Waals surface area (Å²) in [7, 11) is 0. The average molecular weight is 433 g/mol. The number of fused-ring (bicyclic) bond motifs is 1. The van der Waals surface area contributed by atoms with Gasteiger partial charge in [0.25, 0.3) is 0 Å². The fourth-order valence-corrected chi connectivity index (χ4v) is 3.27. The van der Waals surface area contributed by atoms with E-state index in [0.29, 0.717) is 23.5 Å². The molecule has 0 atom stereocenters. The summed E-state index contributed by atoms with van der Waals surface area (Å²) in [4.78, 5) is 12.8. The molecule has 3 aromatic rings. The van der Waals surface area contributed by atoms with E-state index >= 15 is 0 Å². The molecule has 1 aromatic heterocycles. The molecule has 27 heavy (non-hydrogen) atoms. The molecule has 3 rings (SSSR count). The molecule has 0 aliphatic carbocycles. The Balaban J connectivity index is 1.81. The average Bonchev–Trinajstić information content (AvgIpc) is 2.65. The number of unbranched alkanes of at least 4 members (excludes halogenated alkanes) is 3. The second kappa shape index (κ2) is 8.95. The maximum Gasteiger partial charge on any atom is 0.204 e. The summed E-state index contributed by atoms with van der Waals surface area (Å²) >= 11 is 3.41. The molecule has 6 heteroatoms. The van der Waals surface area contributed by atoms with Crippen LogP contribution in [0.15, 0.2) is 51.9 Å². The lowest BCUT2D eigenvalue weighted by Gasteiger charge is -2.09. The van der Waals surface area contributed by atoms with Gasteiger partial charge in [-0.2, -0.15) is 0 Å². The zero-order valence-electron chi connectivity index (χ0n) is 14.8. The molecule has 0 aliphatic heterocycles. The lowest BCUT2D eigenvalue weighted by Crippen LogP contribution is -2.05. The predicted molar refractivity (Wildman–Crippen MR) is 109 cm³/mol. The Labute approximate surface area is 165 Å². The van der Waals surface area contributed by atoms with Crippen LogP contribution in [0.3, 0.4) is 0 Å². The standard InChI is InChI=1S/C21H21BrO5/c22-9-3-1-2-4-10-26-16-11-18(24)20-19(12-16)27-13-17(21(20)25)14-5-7-15(23)8-6-14/h5-8,11-13,23-24H,1-4,9-10H2. The molecule has 0 bridgehead atoms. The van der Waals surface area contributed by atoms with E-state index in [-0.39, 0.29) is 27.9 Å². The van der Waals surface area contributed by atoms with Crippen LogP contribution in [-0.4, -0.2) is 22.2 Å². The highest BCUT2D eigenvalue weighted by atomic mass is 79.9. The number of benzene rings is 2. The highest BCUT2D eigenvalue weighted by molar-refractivity contribution is 9.09. The van der Waals surface area contributed by atoms with Gasteiger partial charge in [-0.25, -0.2) is 0 Å². The van der Waals surface area contributed by atoms with Gasteiger partial charge < -0.3 is 19.4 Å². The Bertz CT molecular complexity index is 963. The topological polar surface area (TPSA) is 79.9 Å².